The molecule has 104 valence electrons. The van der Waals surface area contributed by atoms with Crippen LogP contribution < -0.4 is 5.73 Å². The van der Waals surface area contributed by atoms with Gasteiger partial charge < -0.3 is 10.6 Å². The minimum Gasteiger partial charge on any atom is -0.338 e. The van der Waals surface area contributed by atoms with Gasteiger partial charge in [-0.2, -0.15) is 0 Å². The van der Waals surface area contributed by atoms with Crippen molar-refractivity contribution in [1.29, 1.82) is 0 Å². The van der Waals surface area contributed by atoms with Crippen LogP contribution in [-0.4, -0.2) is 30.4 Å². The summed E-state index contributed by atoms with van der Waals surface area (Å²) in [6.07, 6.45) is 2.71. The molecular formula is C14H18F2N2O. The number of nitrogens with zero attached hydrogens (tertiary/aromatic N) is 1. The molecule has 3 nitrogen and oxygen atoms in total. The molecule has 1 unspecified atom stereocenters. The molecule has 2 N–H and O–H groups in total. The lowest BCUT2D eigenvalue weighted by atomic mass is 9.94. The maximum atomic E-state index is 13.6. The van der Waals surface area contributed by atoms with E-state index >= 15 is 0 Å². The number of halogens is 2. The standard InChI is InChI=1S/C14H18F2N2O/c15-11-4-1-5-12(16)13(11)14(19)18-8-2-3-10(9-18)6-7-17/h1,4-5,10H,2-3,6-9,17H2. The Kier molecular flexibility index (Phi) is 4.47. The van der Waals surface area contributed by atoms with Gasteiger partial charge in [-0.05, 0) is 43.9 Å². The summed E-state index contributed by atoms with van der Waals surface area (Å²) in [7, 11) is 0. The summed E-state index contributed by atoms with van der Waals surface area (Å²) in [6.45, 7) is 1.65. The van der Waals surface area contributed by atoms with Crippen LogP contribution in [0.15, 0.2) is 18.2 Å². The monoisotopic (exact) mass is 268 g/mol. The Balaban J connectivity index is 2.15. The molecule has 0 radical (unpaired) electrons. The highest BCUT2D eigenvalue weighted by Crippen LogP contribution is 2.22. The molecule has 0 aliphatic carbocycles. The second-order valence-corrected chi connectivity index (χ2v) is 4.93. The van der Waals surface area contributed by atoms with E-state index in [1.54, 1.807) is 0 Å². The predicted octanol–water partition coefficient (Wildman–Crippen LogP) is 2.17. The van der Waals surface area contributed by atoms with Crippen LogP contribution in [0.2, 0.25) is 0 Å². The second kappa shape index (κ2) is 6.10. The van der Waals surface area contributed by atoms with Crippen molar-refractivity contribution in [3.8, 4) is 0 Å². The van der Waals surface area contributed by atoms with Crippen LogP contribution in [0.3, 0.4) is 0 Å². The van der Waals surface area contributed by atoms with Gasteiger partial charge in [0, 0.05) is 13.1 Å². The second-order valence-electron chi connectivity index (χ2n) is 4.93. The van der Waals surface area contributed by atoms with Crippen LogP contribution in [0.1, 0.15) is 29.6 Å². The van der Waals surface area contributed by atoms with E-state index < -0.39 is 23.1 Å². The van der Waals surface area contributed by atoms with Gasteiger partial charge >= 0.3 is 0 Å². The number of hydrogen-bond donors (Lipinski definition) is 1. The average molecular weight is 268 g/mol. The van der Waals surface area contributed by atoms with Gasteiger partial charge in [0.2, 0.25) is 0 Å². The Morgan fingerprint density at radius 1 is 1.37 bits per heavy atom. The highest BCUT2D eigenvalue weighted by atomic mass is 19.1. The highest BCUT2D eigenvalue weighted by Gasteiger charge is 2.27. The van der Waals surface area contributed by atoms with Gasteiger partial charge in [-0.15, -0.1) is 0 Å². The summed E-state index contributed by atoms with van der Waals surface area (Å²) >= 11 is 0. The Labute approximate surface area is 111 Å². The molecule has 1 aliphatic heterocycles. The van der Waals surface area contributed by atoms with Crippen molar-refractivity contribution in [1.82, 2.24) is 4.90 Å². The Morgan fingerprint density at radius 2 is 2.05 bits per heavy atom. The van der Waals surface area contributed by atoms with E-state index in [0.29, 0.717) is 25.6 Å². The smallest absolute Gasteiger partial charge is 0.259 e. The molecule has 1 atom stereocenters. The van der Waals surface area contributed by atoms with Crippen molar-refractivity contribution < 1.29 is 13.6 Å². The molecule has 5 heteroatoms. The van der Waals surface area contributed by atoms with E-state index in [1.165, 1.54) is 11.0 Å². The van der Waals surface area contributed by atoms with Crippen LogP contribution in [-0.2, 0) is 0 Å². The van der Waals surface area contributed by atoms with Crippen LogP contribution in [0.5, 0.6) is 0 Å². The van der Waals surface area contributed by atoms with E-state index in [-0.39, 0.29) is 0 Å². The molecule has 1 heterocycles. The lowest BCUT2D eigenvalue weighted by Gasteiger charge is -2.32. The number of hydrogen-bond acceptors (Lipinski definition) is 2. The first-order chi connectivity index (χ1) is 9.13. The third-order valence-electron chi connectivity index (χ3n) is 3.56. The summed E-state index contributed by atoms with van der Waals surface area (Å²) < 4.78 is 27.2. The van der Waals surface area contributed by atoms with Crippen molar-refractivity contribution in [3.05, 3.63) is 35.4 Å². The van der Waals surface area contributed by atoms with Gasteiger partial charge in [0.05, 0.1) is 0 Å². The first-order valence-electron chi connectivity index (χ1n) is 6.57. The van der Waals surface area contributed by atoms with Gasteiger partial charge in [0.1, 0.15) is 17.2 Å². The number of amides is 1. The molecule has 0 spiro atoms. The third-order valence-corrected chi connectivity index (χ3v) is 3.56. The minimum atomic E-state index is -0.800. The fourth-order valence-electron chi connectivity index (χ4n) is 2.58. The van der Waals surface area contributed by atoms with E-state index in [9.17, 15) is 13.6 Å². The topological polar surface area (TPSA) is 46.3 Å². The Bertz CT molecular complexity index is 443. The van der Waals surface area contributed by atoms with E-state index in [1.807, 2.05) is 0 Å². The third kappa shape index (κ3) is 3.10. The van der Waals surface area contributed by atoms with Crippen molar-refractivity contribution in [3.63, 3.8) is 0 Å². The number of carbonyl (C=O) groups excluding carboxylic acids is 1. The van der Waals surface area contributed by atoms with Crippen molar-refractivity contribution in [2.24, 2.45) is 11.7 Å². The number of carbonyl (C=O) groups is 1. The lowest BCUT2D eigenvalue weighted by molar-refractivity contribution is 0.0659. The Hall–Kier alpha value is -1.49. The van der Waals surface area contributed by atoms with Crippen LogP contribution >= 0.6 is 0 Å². The number of rotatable bonds is 3. The zero-order valence-electron chi connectivity index (χ0n) is 10.7. The molecule has 1 saturated heterocycles. The maximum Gasteiger partial charge on any atom is 0.259 e. The largest absolute Gasteiger partial charge is 0.338 e. The summed E-state index contributed by atoms with van der Waals surface area (Å²) in [5, 5.41) is 0. The minimum absolute atomic E-state index is 0.331. The fourth-order valence-corrected chi connectivity index (χ4v) is 2.58. The molecule has 0 saturated carbocycles. The first kappa shape index (κ1) is 13.9. The molecular weight excluding hydrogens is 250 g/mol. The van der Waals surface area contributed by atoms with Gasteiger partial charge in [-0.1, -0.05) is 6.07 Å². The van der Waals surface area contributed by atoms with Crippen LogP contribution in [0, 0.1) is 17.6 Å². The number of piperidine rings is 1. The molecule has 19 heavy (non-hydrogen) atoms. The van der Waals surface area contributed by atoms with Crippen LogP contribution in [0.4, 0.5) is 8.78 Å². The van der Waals surface area contributed by atoms with E-state index in [2.05, 4.69) is 0 Å². The average Bonchev–Trinajstić information content (AvgIpc) is 2.39. The van der Waals surface area contributed by atoms with Gasteiger partial charge in [0.25, 0.3) is 5.91 Å². The van der Waals surface area contributed by atoms with Crippen molar-refractivity contribution >= 4 is 5.91 Å². The Morgan fingerprint density at radius 3 is 2.68 bits per heavy atom. The van der Waals surface area contributed by atoms with Crippen molar-refractivity contribution in [2.45, 2.75) is 19.3 Å². The molecule has 1 aromatic rings. The summed E-state index contributed by atoms with van der Waals surface area (Å²) in [4.78, 5) is 13.7. The zero-order chi connectivity index (χ0) is 13.8. The van der Waals surface area contributed by atoms with Gasteiger partial charge in [0.15, 0.2) is 0 Å². The molecule has 0 aromatic heterocycles. The number of nitrogens with two attached hydrogens (primary N) is 1. The molecule has 1 aliphatic rings. The number of benzene rings is 1. The molecule has 1 fully saturated rings. The fraction of sp³-hybridized carbons (Fsp3) is 0.500. The van der Waals surface area contributed by atoms with E-state index in [4.69, 9.17) is 5.73 Å². The van der Waals surface area contributed by atoms with Gasteiger partial charge in [-0.25, -0.2) is 8.78 Å². The first-order valence-corrected chi connectivity index (χ1v) is 6.57. The lowest BCUT2D eigenvalue weighted by Crippen LogP contribution is -2.41. The highest BCUT2D eigenvalue weighted by molar-refractivity contribution is 5.94. The zero-order valence-corrected chi connectivity index (χ0v) is 10.7. The van der Waals surface area contributed by atoms with Gasteiger partial charge in [-0.3, -0.25) is 4.79 Å². The predicted molar refractivity (Wildman–Crippen MR) is 68.7 cm³/mol. The molecule has 0 bridgehead atoms. The van der Waals surface area contributed by atoms with E-state index in [0.717, 1.165) is 31.4 Å². The quantitative estimate of drug-likeness (QED) is 0.913. The van der Waals surface area contributed by atoms with Crippen molar-refractivity contribution in [2.75, 3.05) is 19.6 Å². The summed E-state index contributed by atoms with van der Waals surface area (Å²) in [5.41, 5.74) is 5.07. The summed E-state index contributed by atoms with van der Waals surface area (Å²) in [5.74, 6) is -1.83. The summed E-state index contributed by atoms with van der Waals surface area (Å²) in [6, 6.07) is 3.48. The molecule has 1 aromatic carbocycles. The maximum absolute atomic E-state index is 13.6. The van der Waals surface area contributed by atoms with Crippen LogP contribution in [0.25, 0.3) is 0 Å². The molecule has 1 amide bonds. The molecule has 2 rings (SSSR count). The normalized spacial score (nSPS) is 19.5. The number of likely N-dealkylation sites (tertiary alicyclic amines) is 1. The SMILES string of the molecule is NCCC1CCCN(C(=O)c2c(F)cccc2F)C1.